The van der Waals surface area contributed by atoms with Crippen molar-refractivity contribution in [3.8, 4) is 0 Å². The standard InChI is InChI=1S/C21H22Cl3N3O3/c1-3-26(4-2)8-9-27-16-11-12(19(25)28)10-15(24)18(16)21(30,20(27)29)17-13(22)6-5-7-14(17)23/h5-7,10-11,30H,3-4,8-9H2,1-2H3,(H2,25,28). The summed E-state index contributed by atoms with van der Waals surface area (Å²) in [6.45, 7) is 6.47. The molecule has 1 aliphatic rings. The van der Waals surface area contributed by atoms with Gasteiger partial charge in [0, 0.05) is 39.8 Å². The maximum atomic E-state index is 13.6. The van der Waals surface area contributed by atoms with Crippen LogP contribution >= 0.6 is 34.8 Å². The first-order valence-corrected chi connectivity index (χ1v) is 10.6. The molecule has 0 saturated heterocycles. The van der Waals surface area contributed by atoms with Crippen LogP contribution in [0.25, 0.3) is 0 Å². The van der Waals surface area contributed by atoms with Crippen molar-refractivity contribution in [2.75, 3.05) is 31.1 Å². The van der Waals surface area contributed by atoms with Crippen molar-refractivity contribution in [3.63, 3.8) is 0 Å². The van der Waals surface area contributed by atoms with Crippen LogP contribution in [-0.4, -0.2) is 48.0 Å². The van der Waals surface area contributed by atoms with Crippen LogP contribution in [0.4, 0.5) is 5.69 Å². The second-order valence-electron chi connectivity index (χ2n) is 7.01. The maximum Gasteiger partial charge on any atom is 0.268 e. The average Bonchev–Trinajstić information content (AvgIpc) is 2.90. The molecule has 0 bridgehead atoms. The number of aliphatic hydroxyl groups is 1. The molecule has 0 fully saturated rings. The third kappa shape index (κ3) is 3.67. The molecule has 0 aromatic heterocycles. The number of carbonyl (C=O) groups excluding carboxylic acids is 2. The van der Waals surface area contributed by atoms with Gasteiger partial charge in [0.05, 0.1) is 10.7 Å². The summed E-state index contributed by atoms with van der Waals surface area (Å²) in [4.78, 5) is 28.9. The Labute approximate surface area is 190 Å². The maximum absolute atomic E-state index is 13.6. The first kappa shape index (κ1) is 22.8. The molecule has 160 valence electrons. The van der Waals surface area contributed by atoms with Crippen molar-refractivity contribution in [1.29, 1.82) is 0 Å². The van der Waals surface area contributed by atoms with E-state index in [-0.39, 0.29) is 38.3 Å². The summed E-state index contributed by atoms with van der Waals surface area (Å²) in [6, 6.07) is 7.50. The quantitative estimate of drug-likeness (QED) is 0.646. The van der Waals surface area contributed by atoms with E-state index in [0.29, 0.717) is 12.2 Å². The van der Waals surface area contributed by atoms with Gasteiger partial charge in [-0.25, -0.2) is 0 Å². The van der Waals surface area contributed by atoms with E-state index in [9.17, 15) is 14.7 Å². The Morgan fingerprint density at radius 3 is 2.23 bits per heavy atom. The van der Waals surface area contributed by atoms with E-state index >= 15 is 0 Å². The summed E-state index contributed by atoms with van der Waals surface area (Å²) in [5, 5.41) is 12.0. The predicted octanol–water partition coefficient (Wildman–Crippen LogP) is 3.67. The minimum absolute atomic E-state index is 0.0264. The molecule has 30 heavy (non-hydrogen) atoms. The zero-order chi connectivity index (χ0) is 22.2. The van der Waals surface area contributed by atoms with E-state index < -0.39 is 17.4 Å². The van der Waals surface area contributed by atoms with Gasteiger partial charge >= 0.3 is 0 Å². The van der Waals surface area contributed by atoms with Gasteiger partial charge in [-0.15, -0.1) is 0 Å². The predicted molar refractivity (Wildman–Crippen MR) is 120 cm³/mol. The van der Waals surface area contributed by atoms with E-state index in [1.54, 1.807) is 6.07 Å². The van der Waals surface area contributed by atoms with E-state index in [2.05, 4.69) is 4.90 Å². The zero-order valence-corrected chi connectivity index (χ0v) is 18.9. The Morgan fingerprint density at radius 2 is 1.70 bits per heavy atom. The molecule has 3 N–H and O–H groups in total. The normalized spacial score (nSPS) is 18.2. The van der Waals surface area contributed by atoms with E-state index in [1.165, 1.54) is 29.2 Å². The highest BCUT2D eigenvalue weighted by molar-refractivity contribution is 6.38. The van der Waals surface area contributed by atoms with Crippen LogP contribution in [0.15, 0.2) is 30.3 Å². The number of benzene rings is 2. The van der Waals surface area contributed by atoms with Crippen molar-refractivity contribution in [2.24, 2.45) is 5.73 Å². The average molecular weight is 471 g/mol. The summed E-state index contributed by atoms with van der Waals surface area (Å²) >= 11 is 19.2. The fraction of sp³-hybridized carbons (Fsp3) is 0.333. The van der Waals surface area contributed by atoms with Crippen molar-refractivity contribution in [2.45, 2.75) is 19.4 Å². The molecule has 0 radical (unpaired) electrons. The number of primary amides is 1. The molecule has 9 heteroatoms. The second kappa shape index (κ2) is 8.73. The first-order chi connectivity index (χ1) is 14.2. The molecule has 0 aliphatic carbocycles. The largest absolute Gasteiger partial charge is 0.372 e. The molecule has 3 rings (SSSR count). The van der Waals surface area contributed by atoms with Gasteiger partial charge < -0.3 is 20.6 Å². The topological polar surface area (TPSA) is 86.9 Å². The van der Waals surface area contributed by atoms with E-state index in [1.807, 2.05) is 13.8 Å². The van der Waals surface area contributed by atoms with Gasteiger partial charge in [0.25, 0.3) is 5.91 Å². The van der Waals surface area contributed by atoms with Gasteiger partial charge in [0.1, 0.15) is 0 Å². The lowest BCUT2D eigenvalue weighted by atomic mass is 9.86. The molecule has 1 unspecified atom stereocenters. The van der Waals surface area contributed by atoms with Crippen LogP contribution in [0.5, 0.6) is 0 Å². The highest BCUT2D eigenvalue weighted by Gasteiger charge is 2.54. The molecule has 2 amide bonds. The Kier molecular flexibility index (Phi) is 6.65. The number of hydrogen-bond acceptors (Lipinski definition) is 4. The van der Waals surface area contributed by atoms with Gasteiger partial charge in [-0.3, -0.25) is 9.59 Å². The molecule has 0 saturated carbocycles. The number of amides is 2. The number of nitrogens with two attached hydrogens (primary N) is 1. The molecule has 2 aromatic rings. The van der Waals surface area contributed by atoms with E-state index in [4.69, 9.17) is 40.5 Å². The van der Waals surface area contributed by atoms with Crippen LogP contribution < -0.4 is 10.6 Å². The van der Waals surface area contributed by atoms with Crippen LogP contribution in [0.2, 0.25) is 15.1 Å². The number of likely N-dealkylation sites (N-methyl/N-ethyl adjacent to an activating group) is 1. The van der Waals surface area contributed by atoms with Crippen molar-refractivity contribution in [3.05, 3.63) is 62.1 Å². The zero-order valence-electron chi connectivity index (χ0n) is 16.6. The monoisotopic (exact) mass is 469 g/mol. The number of rotatable bonds is 7. The van der Waals surface area contributed by atoms with Gasteiger partial charge in [0.15, 0.2) is 0 Å². The van der Waals surface area contributed by atoms with Crippen LogP contribution in [-0.2, 0) is 10.4 Å². The van der Waals surface area contributed by atoms with Gasteiger partial charge in [-0.1, -0.05) is 54.7 Å². The highest BCUT2D eigenvalue weighted by Crippen LogP contribution is 2.51. The molecule has 2 aromatic carbocycles. The smallest absolute Gasteiger partial charge is 0.268 e. The molecule has 1 heterocycles. The molecule has 0 spiro atoms. The number of halogens is 3. The summed E-state index contributed by atoms with van der Waals surface area (Å²) in [7, 11) is 0. The number of fused-ring (bicyclic) bond motifs is 1. The number of anilines is 1. The van der Waals surface area contributed by atoms with Gasteiger partial charge in [0.2, 0.25) is 11.5 Å². The van der Waals surface area contributed by atoms with E-state index in [0.717, 1.165) is 13.1 Å². The Morgan fingerprint density at radius 1 is 1.10 bits per heavy atom. The first-order valence-electron chi connectivity index (χ1n) is 9.51. The van der Waals surface area contributed by atoms with Gasteiger partial charge in [-0.05, 0) is 37.4 Å². The number of carbonyl (C=O) groups is 2. The van der Waals surface area contributed by atoms with Crippen molar-refractivity contribution in [1.82, 2.24) is 4.90 Å². The SMILES string of the molecule is CCN(CC)CCN1C(=O)C(O)(c2c(Cl)cccc2Cl)c2c(Cl)cc(C(N)=O)cc21. The minimum atomic E-state index is -2.19. The lowest BCUT2D eigenvalue weighted by Crippen LogP contribution is -2.44. The van der Waals surface area contributed by atoms with Crippen LogP contribution in [0, 0.1) is 0 Å². The fourth-order valence-electron chi connectivity index (χ4n) is 3.80. The fourth-order valence-corrected chi connectivity index (χ4v) is 4.82. The lowest BCUT2D eigenvalue weighted by molar-refractivity contribution is -0.132. The molecular weight excluding hydrogens is 449 g/mol. The van der Waals surface area contributed by atoms with Crippen molar-refractivity contribution >= 4 is 52.3 Å². The second-order valence-corrected chi connectivity index (χ2v) is 8.23. The molecule has 1 atom stereocenters. The Hall–Kier alpha value is -1.83. The summed E-state index contributed by atoms with van der Waals surface area (Å²) in [6.07, 6.45) is 0. The molecule has 1 aliphatic heterocycles. The van der Waals surface area contributed by atoms with Crippen LogP contribution in [0.1, 0.15) is 35.3 Å². The number of nitrogens with zero attached hydrogens (tertiary/aromatic N) is 2. The Balaban J connectivity index is 2.23. The number of hydrogen-bond donors (Lipinski definition) is 2. The van der Waals surface area contributed by atoms with Crippen LogP contribution in [0.3, 0.4) is 0 Å². The minimum Gasteiger partial charge on any atom is -0.372 e. The molecule has 6 nitrogen and oxygen atoms in total. The lowest BCUT2D eigenvalue weighted by Gasteiger charge is -2.27. The highest BCUT2D eigenvalue weighted by atomic mass is 35.5. The summed E-state index contributed by atoms with van der Waals surface area (Å²) < 4.78 is 0. The third-order valence-electron chi connectivity index (χ3n) is 5.42. The molecular formula is C21H22Cl3N3O3. The third-order valence-corrected chi connectivity index (χ3v) is 6.35. The summed E-state index contributed by atoms with van der Waals surface area (Å²) in [5.41, 5.74) is 3.87. The van der Waals surface area contributed by atoms with Crippen molar-refractivity contribution < 1.29 is 14.7 Å². The van der Waals surface area contributed by atoms with Gasteiger partial charge in [-0.2, -0.15) is 0 Å². The Bertz CT molecular complexity index is 990. The summed E-state index contributed by atoms with van der Waals surface area (Å²) in [5.74, 6) is -1.33.